The Morgan fingerprint density at radius 1 is 1.58 bits per heavy atom. The summed E-state index contributed by atoms with van der Waals surface area (Å²) in [5, 5.41) is 3.36. The van der Waals surface area contributed by atoms with Gasteiger partial charge in [-0.15, -0.1) is 0 Å². The average Bonchev–Trinajstić information content (AvgIpc) is 2.75. The van der Waals surface area contributed by atoms with E-state index in [0.29, 0.717) is 13.2 Å². The fraction of sp³-hybridized carbons (Fsp3) is 0.467. The van der Waals surface area contributed by atoms with E-state index in [1.807, 2.05) is 19.1 Å². The van der Waals surface area contributed by atoms with Gasteiger partial charge in [-0.05, 0) is 30.7 Å². The molecule has 1 aromatic carbocycles. The van der Waals surface area contributed by atoms with Crippen molar-refractivity contribution in [1.29, 1.82) is 0 Å². The molecular weight excluding hydrogens is 306 g/mol. The molecule has 1 atom stereocenters. The third kappa shape index (κ3) is 4.64. The predicted octanol–water partition coefficient (Wildman–Crippen LogP) is 2.93. The maximum absolute atomic E-state index is 5.87. The van der Waals surface area contributed by atoms with Crippen molar-refractivity contribution < 1.29 is 9.47 Å². The third-order valence-corrected chi connectivity index (χ3v) is 3.40. The van der Waals surface area contributed by atoms with Gasteiger partial charge in [-0.25, -0.2) is 0 Å². The van der Waals surface area contributed by atoms with Crippen molar-refractivity contribution in [2.45, 2.75) is 19.4 Å². The number of rotatable bonds is 7. The highest BCUT2D eigenvalue weighted by Crippen LogP contribution is 2.30. The van der Waals surface area contributed by atoms with Crippen molar-refractivity contribution in [1.82, 2.24) is 5.32 Å². The fourth-order valence-corrected chi connectivity index (χ4v) is 2.47. The number of nitrogens with one attached hydrogen (secondary N) is 1. The smallest absolute Gasteiger partial charge is 0.123 e. The molecule has 19 heavy (non-hydrogen) atoms. The van der Waals surface area contributed by atoms with Gasteiger partial charge in [0.05, 0.1) is 13.2 Å². The van der Waals surface area contributed by atoms with Crippen molar-refractivity contribution >= 4 is 15.9 Å². The molecule has 1 N–H and O–H groups in total. The molecular formula is C15H20BrNO2. The van der Waals surface area contributed by atoms with Gasteiger partial charge in [0.2, 0.25) is 0 Å². The zero-order chi connectivity index (χ0) is 13.7. The summed E-state index contributed by atoms with van der Waals surface area (Å²) in [7, 11) is 0. The van der Waals surface area contributed by atoms with Crippen molar-refractivity contribution in [2.24, 2.45) is 0 Å². The van der Waals surface area contributed by atoms with Gasteiger partial charge in [-0.3, -0.25) is 0 Å². The summed E-state index contributed by atoms with van der Waals surface area (Å²) in [6.45, 7) is 8.80. The predicted molar refractivity (Wildman–Crippen MR) is 80.8 cm³/mol. The Bertz CT molecular complexity index is 448. The second kappa shape index (κ2) is 7.08. The van der Waals surface area contributed by atoms with Crippen LogP contribution in [0.1, 0.15) is 12.5 Å². The molecule has 3 nitrogen and oxygen atoms in total. The molecule has 0 radical (unpaired) electrons. The fourth-order valence-electron chi connectivity index (χ4n) is 2.06. The average molecular weight is 326 g/mol. The van der Waals surface area contributed by atoms with Crippen LogP contribution >= 0.6 is 15.9 Å². The molecule has 0 saturated heterocycles. The number of benzene rings is 1. The van der Waals surface area contributed by atoms with Crippen LogP contribution in [0.25, 0.3) is 0 Å². The molecule has 1 aromatic rings. The molecule has 0 aromatic heterocycles. The van der Waals surface area contributed by atoms with Crippen LogP contribution in [-0.2, 0) is 11.2 Å². The van der Waals surface area contributed by atoms with Gasteiger partial charge >= 0.3 is 0 Å². The van der Waals surface area contributed by atoms with Crippen LogP contribution in [0.3, 0.4) is 0 Å². The Hall–Kier alpha value is -0.840. The van der Waals surface area contributed by atoms with Crippen molar-refractivity contribution in [3.63, 3.8) is 0 Å². The number of ether oxygens (including phenoxy) is 2. The zero-order valence-corrected chi connectivity index (χ0v) is 12.8. The second-order valence-electron chi connectivity index (χ2n) is 4.91. The van der Waals surface area contributed by atoms with Crippen LogP contribution in [0.4, 0.5) is 0 Å². The van der Waals surface area contributed by atoms with E-state index in [0.717, 1.165) is 35.3 Å². The van der Waals surface area contributed by atoms with E-state index in [2.05, 4.69) is 33.9 Å². The van der Waals surface area contributed by atoms with E-state index in [-0.39, 0.29) is 6.10 Å². The molecule has 104 valence electrons. The lowest BCUT2D eigenvalue weighted by atomic mass is 10.1. The number of hydrogen-bond donors (Lipinski definition) is 1. The molecule has 1 unspecified atom stereocenters. The van der Waals surface area contributed by atoms with Crippen LogP contribution in [-0.4, -0.2) is 32.4 Å². The van der Waals surface area contributed by atoms with E-state index in [9.17, 15) is 0 Å². The summed E-state index contributed by atoms with van der Waals surface area (Å²) in [6.07, 6.45) is 1.19. The van der Waals surface area contributed by atoms with Gasteiger partial charge in [0.15, 0.2) is 0 Å². The Morgan fingerprint density at radius 2 is 2.42 bits per heavy atom. The van der Waals surface area contributed by atoms with Crippen LogP contribution in [0, 0.1) is 0 Å². The number of fused-ring (bicyclic) bond motifs is 1. The first kappa shape index (κ1) is 14.6. The summed E-state index contributed by atoms with van der Waals surface area (Å²) in [4.78, 5) is 0. The van der Waals surface area contributed by atoms with Crippen LogP contribution in [0.2, 0.25) is 0 Å². The molecule has 0 spiro atoms. The van der Waals surface area contributed by atoms with Gasteiger partial charge in [-0.1, -0.05) is 28.1 Å². The topological polar surface area (TPSA) is 30.5 Å². The lowest BCUT2D eigenvalue weighted by molar-refractivity contribution is 0.152. The van der Waals surface area contributed by atoms with Crippen molar-refractivity contribution in [3.8, 4) is 5.75 Å². The quantitative estimate of drug-likeness (QED) is 0.617. The number of hydrogen-bond acceptors (Lipinski definition) is 3. The summed E-state index contributed by atoms with van der Waals surface area (Å²) >= 11 is 3.48. The molecule has 1 heterocycles. The molecule has 0 amide bonds. The molecule has 1 aliphatic heterocycles. The standard InChI is InChI=1S/C15H20BrNO2/c1-11(2)10-18-6-5-17-9-14-8-12-7-13(16)3-4-15(12)19-14/h3-4,7,14,17H,1,5-6,8-10H2,2H3. The zero-order valence-electron chi connectivity index (χ0n) is 11.2. The largest absolute Gasteiger partial charge is 0.488 e. The Balaban J connectivity index is 1.63. The van der Waals surface area contributed by atoms with Crippen molar-refractivity contribution in [3.05, 3.63) is 40.4 Å². The normalized spacial score (nSPS) is 17.1. The Morgan fingerprint density at radius 3 is 3.21 bits per heavy atom. The maximum atomic E-state index is 5.87. The highest BCUT2D eigenvalue weighted by Gasteiger charge is 2.22. The highest BCUT2D eigenvalue weighted by atomic mass is 79.9. The van der Waals surface area contributed by atoms with Gasteiger partial charge in [0.25, 0.3) is 0 Å². The Labute approximate surface area is 123 Å². The first-order chi connectivity index (χ1) is 9.15. The van der Waals surface area contributed by atoms with E-state index in [1.54, 1.807) is 0 Å². The number of halogens is 1. The summed E-state index contributed by atoms with van der Waals surface area (Å²) in [5.74, 6) is 1.01. The highest BCUT2D eigenvalue weighted by molar-refractivity contribution is 9.10. The van der Waals surface area contributed by atoms with Crippen LogP contribution in [0.5, 0.6) is 5.75 Å². The molecule has 0 aliphatic carbocycles. The third-order valence-electron chi connectivity index (χ3n) is 2.91. The summed E-state index contributed by atoms with van der Waals surface area (Å²) in [5.41, 5.74) is 2.33. The monoisotopic (exact) mass is 325 g/mol. The van der Waals surface area contributed by atoms with Gasteiger partial charge < -0.3 is 14.8 Å². The first-order valence-electron chi connectivity index (χ1n) is 6.53. The molecule has 0 saturated carbocycles. The van der Waals surface area contributed by atoms with Crippen LogP contribution in [0.15, 0.2) is 34.8 Å². The summed E-state index contributed by atoms with van der Waals surface area (Å²) in [6, 6.07) is 6.17. The molecule has 0 bridgehead atoms. The minimum absolute atomic E-state index is 0.227. The summed E-state index contributed by atoms with van der Waals surface area (Å²) < 4.78 is 12.4. The maximum Gasteiger partial charge on any atom is 0.123 e. The second-order valence-corrected chi connectivity index (χ2v) is 5.83. The Kier molecular flexibility index (Phi) is 5.43. The van der Waals surface area contributed by atoms with Gasteiger partial charge in [-0.2, -0.15) is 0 Å². The molecule has 2 rings (SSSR count). The minimum Gasteiger partial charge on any atom is -0.488 e. The SMILES string of the molecule is C=C(C)COCCNCC1Cc2cc(Br)ccc2O1. The minimum atomic E-state index is 0.227. The molecule has 1 aliphatic rings. The molecule has 4 heteroatoms. The molecule has 0 fully saturated rings. The van der Waals surface area contributed by atoms with E-state index in [1.165, 1.54) is 5.56 Å². The van der Waals surface area contributed by atoms with Gasteiger partial charge in [0.1, 0.15) is 11.9 Å². The lowest BCUT2D eigenvalue weighted by Crippen LogP contribution is -2.32. The van der Waals surface area contributed by atoms with E-state index in [4.69, 9.17) is 9.47 Å². The van der Waals surface area contributed by atoms with Crippen LogP contribution < -0.4 is 10.1 Å². The van der Waals surface area contributed by atoms with E-state index < -0.39 is 0 Å². The van der Waals surface area contributed by atoms with Gasteiger partial charge in [0, 0.05) is 24.0 Å². The van der Waals surface area contributed by atoms with E-state index >= 15 is 0 Å². The first-order valence-corrected chi connectivity index (χ1v) is 7.32. The van der Waals surface area contributed by atoms with Crippen molar-refractivity contribution in [2.75, 3.05) is 26.3 Å². The lowest BCUT2D eigenvalue weighted by Gasteiger charge is -2.12.